The van der Waals surface area contributed by atoms with Crippen molar-refractivity contribution in [1.29, 1.82) is 0 Å². The van der Waals surface area contributed by atoms with E-state index in [-0.39, 0.29) is 0 Å². The van der Waals surface area contributed by atoms with Crippen LogP contribution in [0.15, 0.2) is 12.7 Å². The normalized spacial score (nSPS) is 37.5. The van der Waals surface area contributed by atoms with Crippen molar-refractivity contribution in [3.63, 3.8) is 0 Å². The van der Waals surface area contributed by atoms with Crippen molar-refractivity contribution in [2.45, 2.75) is 37.0 Å². The van der Waals surface area contributed by atoms with E-state index in [1.165, 1.54) is 6.42 Å². The van der Waals surface area contributed by atoms with Gasteiger partial charge in [0.1, 0.15) is 0 Å². The second-order valence-electron chi connectivity index (χ2n) is 3.36. The summed E-state index contributed by atoms with van der Waals surface area (Å²) >= 11 is 1.82. The van der Waals surface area contributed by atoms with Gasteiger partial charge in [0.2, 0.25) is 0 Å². The first-order valence-electron chi connectivity index (χ1n) is 4.11. The van der Waals surface area contributed by atoms with Crippen LogP contribution in [0.5, 0.6) is 0 Å². The number of rotatable bonds is 3. The van der Waals surface area contributed by atoms with Gasteiger partial charge in [-0.25, -0.2) is 0 Å². The van der Waals surface area contributed by atoms with Gasteiger partial charge in [0.05, 0.1) is 5.60 Å². The molecule has 11 heavy (non-hydrogen) atoms. The number of thioether (sulfide) groups is 1. The Morgan fingerprint density at radius 1 is 1.82 bits per heavy atom. The lowest BCUT2D eigenvalue weighted by atomic mass is 10.1. The van der Waals surface area contributed by atoms with Crippen LogP contribution in [-0.4, -0.2) is 21.7 Å². The third-order valence-corrected chi connectivity index (χ3v) is 3.83. The summed E-state index contributed by atoms with van der Waals surface area (Å²) in [6.45, 7) is 5.61. The molecule has 1 aliphatic rings. The fourth-order valence-corrected chi connectivity index (χ4v) is 2.74. The summed E-state index contributed by atoms with van der Waals surface area (Å²) in [6, 6.07) is 0. The lowest BCUT2D eigenvalue weighted by Crippen LogP contribution is -2.31. The highest BCUT2D eigenvalue weighted by atomic mass is 32.2. The topological polar surface area (TPSA) is 20.2 Å². The van der Waals surface area contributed by atoms with E-state index in [1.54, 1.807) is 0 Å². The average molecular weight is 172 g/mol. The molecule has 2 unspecified atom stereocenters. The molecule has 1 N–H and O–H groups in total. The van der Waals surface area contributed by atoms with Crippen LogP contribution in [0, 0.1) is 0 Å². The van der Waals surface area contributed by atoms with E-state index in [1.807, 2.05) is 24.8 Å². The van der Waals surface area contributed by atoms with E-state index in [0.29, 0.717) is 5.25 Å². The van der Waals surface area contributed by atoms with E-state index in [2.05, 4.69) is 6.58 Å². The highest BCUT2D eigenvalue weighted by molar-refractivity contribution is 8.00. The first kappa shape index (κ1) is 9.14. The molecule has 0 aromatic heterocycles. The van der Waals surface area contributed by atoms with Crippen molar-refractivity contribution in [3.05, 3.63) is 12.7 Å². The molecule has 2 heteroatoms. The average Bonchev–Trinajstić information content (AvgIpc) is 2.25. The fraction of sp³-hybridized carbons (Fsp3) is 0.778. The predicted molar refractivity (Wildman–Crippen MR) is 50.9 cm³/mol. The molecule has 0 aromatic carbocycles. The number of hydrogen-bond acceptors (Lipinski definition) is 2. The zero-order valence-corrected chi connectivity index (χ0v) is 7.86. The molecule has 2 atom stereocenters. The molecule has 0 aliphatic heterocycles. The van der Waals surface area contributed by atoms with Gasteiger partial charge in [-0.2, -0.15) is 11.8 Å². The summed E-state index contributed by atoms with van der Waals surface area (Å²) in [7, 11) is 0. The van der Waals surface area contributed by atoms with Gasteiger partial charge >= 0.3 is 0 Å². The molecule has 0 aromatic rings. The van der Waals surface area contributed by atoms with Crippen LogP contribution in [0.3, 0.4) is 0 Å². The molecule has 0 amide bonds. The Balaban J connectivity index is 2.38. The summed E-state index contributed by atoms with van der Waals surface area (Å²) in [5.41, 5.74) is -0.423. The van der Waals surface area contributed by atoms with Crippen LogP contribution < -0.4 is 0 Å². The molecule has 1 saturated carbocycles. The minimum absolute atomic E-state index is 0.423. The molecular formula is C9H16OS. The van der Waals surface area contributed by atoms with Crippen LogP contribution in [0.25, 0.3) is 0 Å². The van der Waals surface area contributed by atoms with Crippen LogP contribution in [0.2, 0.25) is 0 Å². The van der Waals surface area contributed by atoms with Gasteiger partial charge in [-0.15, -0.1) is 6.58 Å². The molecule has 0 bridgehead atoms. The number of aliphatic hydroxyl groups is 1. The van der Waals surface area contributed by atoms with Gasteiger partial charge in [-0.1, -0.05) is 6.08 Å². The monoisotopic (exact) mass is 172 g/mol. The van der Waals surface area contributed by atoms with E-state index >= 15 is 0 Å². The molecule has 1 nitrogen and oxygen atoms in total. The van der Waals surface area contributed by atoms with Crippen LogP contribution >= 0.6 is 11.8 Å². The third-order valence-electron chi connectivity index (χ3n) is 2.26. The summed E-state index contributed by atoms with van der Waals surface area (Å²) < 4.78 is 0. The van der Waals surface area contributed by atoms with Crippen LogP contribution in [-0.2, 0) is 0 Å². The smallest absolute Gasteiger partial charge is 0.0737 e. The van der Waals surface area contributed by atoms with Gasteiger partial charge in [-0.3, -0.25) is 0 Å². The van der Waals surface area contributed by atoms with Crippen molar-refractivity contribution >= 4 is 11.8 Å². The molecule has 1 rings (SSSR count). The van der Waals surface area contributed by atoms with E-state index in [4.69, 9.17) is 0 Å². The largest absolute Gasteiger partial charge is 0.389 e. The first-order chi connectivity index (χ1) is 5.17. The highest BCUT2D eigenvalue weighted by Crippen LogP contribution is 2.37. The first-order valence-corrected chi connectivity index (χ1v) is 5.16. The molecule has 0 heterocycles. The summed E-state index contributed by atoms with van der Waals surface area (Å²) in [5, 5.41) is 10.3. The summed E-state index contributed by atoms with van der Waals surface area (Å²) in [6.07, 6.45) is 5.19. The van der Waals surface area contributed by atoms with Gasteiger partial charge in [-0.05, 0) is 26.2 Å². The Morgan fingerprint density at radius 2 is 2.55 bits per heavy atom. The van der Waals surface area contributed by atoms with Crippen molar-refractivity contribution in [2.24, 2.45) is 0 Å². The standard InChI is InChI=1S/C9H16OS/c1-3-7-11-8-5-4-6-9(8,2)10/h3,8,10H,1,4-7H2,2H3. The quantitative estimate of drug-likeness (QED) is 0.659. The Kier molecular flexibility index (Phi) is 3.02. The van der Waals surface area contributed by atoms with E-state index < -0.39 is 5.60 Å². The zero-order valence-electron chi connectivity index (χ0n) is 7.05. The van der Waals surface area contributed by atoms with E-state index in [9.17, 15) is 5.11 Å². The molecule has 0 spiro atoms. The minimum Gasteiger partial charge on any atom is -0.389 e. The van der Waals surface area contributed by atoms with E-state index in [0.717, 1.165) is 18.6 Å². The lowest BCUT2D eigenvalue weighted by molar-refractivity contribution is 0.0734. The molecular weight excluding hydrogens is 156 g/mol. The second-order valence-corrected chi connectivity index (χ2v) is 4.60. The zero-order chi connectivity index (χ0) is 8.32. The summed E-state index contributed by atoms with van der Waals surface area (Å²) in [4.78, 5) is 0. The van der Waals surface area contributed by atoms with Crippen molar-refractivity contribution in [1.82, 2.24) is 0 Å². The lowest BCUT2D eigenvalue weighted by Gasteiger charge is -2.24. The Labute approximate surface area is 72.9 Å². The molecule has 64 valence electrons. The molecule has 0 radical (unpaired) electrons. The van der Waals surface area contributed by atoms with Gasteiger partial charge in [0, 0.05) is 11.0 Å². The van der Waals surface area contributed by atoms with Crippen LogP contribution in [0.4, 0.5) is 0 Å². The second kappa shape index (κ2) is 3.63. The maximum Gasteiger partial charge on any atom is 0.0737 e. The molecule has 1 aliphatic carbocycles. The highest BCUT2D eigenvalue weighted by Gasteiger charge is 2.36. The van der Waals surface area contributed by atoms with Crippen LogP contribution in [0.1, 0.15) is 26.2 Å². The van der Waals surface area contributed by atoms with Crippen molar-refractivity contribution in [3.8, 4) is 0 Å². The third kappa shape index (κ3) is 2.24. The summed E-state index contributed by atoms with van der Waals surface area (Å²) in [5.74, 6) is 0.959. The Bertz CT molecular complexity index is 142. The van der Waals surface area contributed by atoms with Gasteiger partial charge < -0.3 is 5.11 Å². The molecule has 1 fully saturated rings. The minimum atomic E-state index is -0.423. The fourth-order valence-electron chi connectivity index (χ4n) is 1.56. The predicted octanol–water partition coefficient (Wildman–Crippen LogP) is 2.21. The Morgan fingerprint density at radius 3 is 3.00 bits per heavy atom. The van der Waals surface area contributed by atoms with Gasteiger partial charge in [0.25, 0.3) is 0 Å². The SMILES string of the molecule is C=CCSC1CCCC1(C)O. The van der Waals surface area contributed by atoms with Gasteiger partial charge in [0.15, 0.2) is 0 Å². The maximum atomic E-state index is 9.83. The number of hydrogen-bond donors (Lipinski definition) is 1. The van der Waals surface area contributed by atoms with Crippen molar-refractivity contribution < 1.29 is 5.11 Å². The van der Waals surface area contributed by atoms with Crippen molar-refractivity contribution in [2.75, 3.05) is 5.75 Å². The maximum absolute atomic E-state index is 9.83. The molecule has 0 saturated heterocycles. The Hall–Kier alpha value is 0.0500.